The Hall–Kier alpha value is -9.44. The van der Waals surface area contributed by atoms with Crippen molar-refractivity contribution in [3.8, 4) is 73.0 Å². The van der Waals surface area contributed by atoms with Gasteiger partial charge in [0, 0.05) is 33.2 Å². The Bertz CT molecular complexity index is 4140. The minimum absolute atomic E-state index is 0.524. The van der Waals surface area contributed by atoms with Crippen molar-refractivity contribution < 1.29 is 0 Å². The van der Waals surface area contributed by atoms with Crippen LogP contribution in [0.25, 0.3) is 106 Å². The maximum absolute atomic E-state index is 5.46. The Balaban J connectivity index is 0.901. The molecule has 72 heavy (non-hydrogen) atoms. The van der Waals surface area contributed by atoms with E-state index in [2.05, 4.69) is 271 Å². The minimum atomic E-state index is -0.524. The predicted molar refractivity (Wildman–Crippen MR) is 298 cm³/mol. The van der Waals surface area contributed by atoms with E-state index in [4.69, 9.17) is 9.97 Å². The van der Waals surface area contributed by atoms with Gasteiger partial charge in [-0.15, -0.1) is 0 Å². The topological polar surface area (TPSA) is 30.7 Å². The summed E-state index contributed by atoms with van der Waals surface area (Å²) in [7, 11) is 0. The highest BCUT2D eigenvalue weighted by molar-refractivity contribution is 6.10. The second kappa shape index (κ2) is 16.9. The highest BCUT2D eigenvalue weighted by Gasteiger charge is 2.47. The molecule has 0 N–H and O–H groups in total. The highest BCUT2D eigenvalue weighted by atomic mass is 15.0. The molecule has 11 aromatic carbocycles. The van der Waals surface area contributed by atoms with Gasteiger partial charge in [0.15, 0.2) is 5.82 Å². The zero-order chi connectivity index (χ0) is 47.6. The van der Waals surface area contributed by atoms with Crippen molar-refractivity contribution in [2.24, 2.45) is 0 Å². The van der Waals surface area contributed by atoms with Crippen LogP contribution in [0.1, 0.15) is 22.3 Å². The van der Waals surface area contributed by atoms with Gasteiger partial charge in [-0.2, -0.15) is 0 Å². The number of para-hydroxylation sites is 2. The Morgan fingerprint density at radius 3 is 1.53 bits per heavy atom. The van der Waals surface area contributed by atoms with Crippen LogP contribution in [-0.4, -0.2) is 14.5 Å². The van der Waals surface area contributed by atoms with E-state index in [1.807, 2.05) is 6.07 Å². The second-order valence-corrected chi connectivity index (χ2v) is 18.8. The van der Waals surface area contributed by atoms with Gasteiger partial charge in [0.1, 0.15) is 0 Å². The van der Waals surface area contributed by atoms with E-state index >= 15 is 0 Å². The molecule has 0 aliphatic heterocycles. The quantitative estimate of drug-likeness (QED) is 0.152. The maximum atomic E-state index is 5.46. The number of hydrogen-bond donors (Lipinski definition) is 0. The molecule has 0 spiro atoms. The van der Waals surface area contributed by atoms with Crippen LogP contribution < -0.4 is 0 Å². The molecule has 0 atom stereocenters. The number of benzene rings is 11. The fourth-order valence-electron chi connectivity index (χ4n) is 11.8. The molecule has 0 unspecified atom stereocenters. The third-order valence-corrected chi connectivity index (χ3v) is 14.9. The monoisotopic (exact) mass is 915 g/mol. The van der Waals surface area contributed by atoms with Crippen molar-refractivity contribution in [3.63, 3.8) is 0 Å². The first-order valence-corrected chi connectivity index (χ1v) is 24.7. The average Bonchev–Trinajstić information content (AvgIpc) is 3.96. The molecule has 3 nitrogen and oxygen atoms in total. The predicted octanol–water partition coefficient (Wildman–Crippen LogP) is 17.4. The van der Waals surface area contributed by atoms with Gasteiger partial charge in [0.2, 0.25) is 0 Å². The molecule has 13 aromatic rings. The molecule has 0 radical (unpaired) electrons. The summed E-state index contributed by atoms with van der Waals surface area (Å²) in [4.78, 5) is 10.9. The number of hydrogen-bond acceptors (Lipinski definition) is 2. The van der Waals surface area contributed by atoms with Crippen molar-refractivity contribution in [3.05, 3.63) is 295 Å². The van der Waals surface area contributed by atoms with Gasteiger partial charge in [-0.1, -0.05) is 243 Å². The Kier molecular flexibility index (Phi) is 9.75. The molecule has 3 heteroatoms. The van der Waals surface area contributed by atoms with Crippen molar-refractivity contribution in [1.29, 1.82) is 0 Å². The van der Waals surface area contributed by atoms with Crippen LogP contribution in [0.3, 0.4) is 0 Å². The van der Waals surface area contributed by atoms with E-state index in [9.17, 15) is 0 Å². The molecule has 336 valence electrons. The minimum Gasteiger partial charge on any atom is -0.309 e. The largest absolute Gasteiger partial charge is 0.309 e. The van der Waals surface area contributed by atoms with Crippen LogP contribution in [0.15, 0.2) is 273 Å². The first-order chi connectivity index (χ1) is 35.7. The first-order valence-electron chi connectivity index (χ1n) is 24.7. The van der Waals surface area contributed by atoms with Gasteiger partial charge in [-0.05, 0) is 96.7 Å². The fourth-order valence-corrected chi connectivity index (χ4v) is 11.8. The smallest absolute Gasteiger partial charge is 0.160 e. The second-order valence-electron chi connectivity index (χ2n) is 18.8. The van der Waals surface area contributed by atoms with Crippen molar-refractivity contribution in [2.75, 3.05) is 0 Å². The molecular formula is C69H45N3. The highest BCUT2D eigenvalue weighted by Crippen LogP contribution is 2.58. The Morgan fingerprint density at radius 1 is 0.292 bits per heavy atom. The third kappa shape index (κ3) is 6.52. The van der Waals surface area contributed by atoms with Crippen LogP contribution in [0, 0.1) is 0 Å². The van der Waals surface area contributed by atoms with Crippen molar-refractivity contribution >= 4 is 32.6 Å². The van der Waals surface area contributed by atoms with E-state index in [-0.39, 0.29) is 0 Å². The molecule has 0 amide bonds. The van der Waals surface area contributed by atoms with E-state index in [0.717, 1.165) is 44.7 Å². The lowest BCUT2D eigenvalue weighted by Crippen LogP contribution is -2.28. The van der Waals surface area contributed by atoms with Gasteiger partial charge < -0.3 is 4.57 Å². The maximum Gasteiger partial charge on any atom is 0.160 e. The van der Waals surface area contributed by atoms with Gasteiger partial charge in [0.05, 0.1) is 27.8 Å². The third-order valence-electron chi connectivity index (χ3n) is 14.9. The van der Waals surface area contributed by atoms with E-state index < -0.39 is 5.41 Å². The molecule has 1 aliphatic rings. The zero-order valence-electron chi connectivity index (χ0n) is 39.3. The van der Waals surface area contributed by atoms with Crippen LogP contribution in [0.4, 0.5) is 0 Å². The van der Waals surface area contributed by atoms with E-state index in [1.165, 1.54) is 77.3 Å². The zero-order valence-corrected chi connectivity index (χ0v) is 39.3. The SMILES string of the molecule is c1ccc(-c2nc(-c3cccc4c3-c3ccccc3C4(c3ccccc3)c3ccccc3)cc(-c3ccc(-c4ccc(-c5ccc6c7ccccc7n(-c7ccccc7)c6c5)cc4)c4ccccc34)n2)cc1. The van der Waals surface area contributed by atoms with Crippen LogP contribution in [-0.2, 0) is 5.41 Å². The molecule has 0 bridgehead atoms. The number of rotatable bonds is 8. The van der Waals surface area contributed by atoms with Crippen molar-refractivity contribution in [2.45, 2.75) is 5.41 Å². The summed E-state index contributed by atoms with van der Waals surface area (Å²) in [5, 5.41) is 4.81. The summed E-state index contributed by atoms with van der Waals surface area (Å²) in [5.74, 6) is 0.690. The average molecular weight is 916 g/mol. The van der Waals surface area contributed by atoms with Crippen molar-refractivity contribution in [1.82, 2.24) is 14.5 Å². The lowest BCUT2D eigenvalue weighted by molar-refractivity contribution is 0.768. The normalized spacial score (nSPS) is 12.6. The van der Waals surface area contributed by atoms with E-state index in [1.54, 1.807) is 0 Å². The number of nitrogens with zero attached hydrogens (tertiary/aromatic N) is 3. The summed E-state index contributed by atoms with van der Waals surface area (Å²) < 4.78 is 2.38. The van der Waals surface area contributed by atoms with Gasteiger partial charge >= 0.3 is 0 Å². The standard InChI is InChI=1S/C69H45N3/c1-5-20-48(21-6-1)68-70-63(45-64(71-68)60-32-19-34-62-67(60)59-31-15-17-33-61(59)69(62,50-22-7-2-8-23-50)51-24-9-3-10-25-51)56-43-42-53(54-28-13-14-29-55(54)56)47-38-36-46(37-39-47)49-40-41-58-57-30-16-18-35-65(57)72(66(58)44-49)52-26-11-4-12-27-52/h1-45H. The van der Waals surface area contributed by atoms with Crippen LogP contribution in [0.5, 0.6) is 0 Å². The number of fused-ring (bicyclic) bond motifs is 7. The lowest BCUT2D eigenvalue weighted by Gasteiger charge is -2.33. The molecular weight excluding hydrogens is 871 g/mol. The molecule has 2 heterocycles. The van der Waals surface area contributed by atoms with Crippen LogP contribution >= 0.6 is 0 Å². The summed E-state index contributed by atoms with van der Waals surface area (Å²) in [6, 6.07) is 98.8. The molecule has 14 rings (SSSR count). The molecule has 0 fully saturated rings. The Labute approximate surface area is 418 Å². The van der Waals surface area contributed by atoms with E-state index in [0.29, 0.717) is 5.82 Å². The molecule has 0 saturated carbocycles. The summed E-state index contributed by atoms with van der Waals surface area (Å²) in [6.07, 6.45) is 0. The molecule has 1 aliphatic carbocycles. The fraction of sp³-hybridized carbons (Fsp3) is 0.0145. The lowest BCUT2D eigenvalue weighted by atomic mass is 9.67. The molecule has 0 saturated heterocycles. The summed E-state index contributed by atoms with van der Waals surface area (Å²) in [6.45, 7) is 0. The Morgan fingerprint density at radius 2 is 0.806 bits per heavy atom. The van der Waals surface area contributed by atoms with Gasteiger partial charge in [0.25, 0.3) is 0 Å². The van der Waals surface area contributed by atoms with Crippen LogP contribution in [0.2, 0.25) is 0 Å². The van der Waals surface area contributed by atoms with Gasteiger partial charge in [-0.3, -0.25) is 0 Å². The van der Waals surface area contributed by atoms with Gasteiger partial charge in [-0.25, -0.2) is 9.97 Å². The number of aromatic nitrogens is 3. The first kappa shape index (κ1) is 41.5. The summed E-state index contributed by atoms with van der Waals surface area (Å²) in [5.41, 5.74) is 20.0. The summed E-state index contributed by atoms with van der Waals surface area (Å²) >= 11 is 0. The molecule has 2 aromatic heterocycles.